The monoisotopic (exact) mass is 358 g/mol. The van der Waals surface area contributed by atoms with E-state index in [4.69, 9.17) is 4.74 Å². The zero-order valence-electron chi connectivity index (χ0n) is 15.2. The Kier molecular flexibility index (Phi) is 6.22. The molecule has 2 aliphatic heterocycles. The molecule has 2 saturated heterocycles. The number of ether oxygens (including phenoxy) is 1. The zero-order chi connectivity index (χ0) is 17.2. The predicted molar refractivity (Wildman–Crippen MR) is 96.7 cm³/mol. The lowest BCUT2D eigenvalue weighted by molar-refractivity contribution is 0.0716. The zero-order valence-corrected chi connectivity index (χ0v) is 16.0. The molecule has 0 aromatic heterocycles. The molecule has 2 N–H and O–H groups in total. The maximum Gasteiger partial charge on any atom is 0.150 e. The molecule has 0 aromatic carbocycles. The summed E-state index contributed by atoms with van der Waals surface area (Å²) in [6, 6.07) is 0.929. The van der Waals surface area contributed by atoms with Crippen molar-refractivity contribution < 1.29 is 13.2 Å². The van der Waals surface area contributed by atoms with Crippen molar-refractivity contribution in [2.75, 3.05) is 12.9 Å². The number of sulfone groups is 1. The fourth-order valence-corrected chi connectivity index (χ4v) is 5.94. The third-order valence-corrected chi connectivity index (χ3v) is 7.99. The molecule has 0 spiro atoms. The van der Waals surface area contributed by atoms with E-state index in [1.165, 1.54) is 38.4 Å². The van der Waals surface area contributed by atoms with Crippen molar-refractivity contribution in [1.82, 2.24) is 10.6 Å². The Labute approximate surface area is 147 Å². The second-order valence-corrected chi connectivity index (χ2v) is 10.5. The fraction of sp³-hybridized carbons (Fsp3) is 1.00. The SMILES string of the molecule is C[C@H](NC1CCCC(C2CCC(S(C)(=O)=O)CC2)N1)C1CCCO1. The molecular formula is C18H34N2O3S. The van der Waals surface area contributed by atoms with Crippen molar-refractivity contribution in [3.05, 3.63) is 0 Å². The van der Waals surface area contributed by atoms with Gasteiger partial charge >= 0.3 is 0 Å². The Morgan fingerprint density at radius 3 is 2.42 bits per heavy atom. The molecule has 140 valence electrons. The van der Waals surface area contributed by atoms with E-state index in [0.29, 0.717) is 30.3 Å². The van der Waals surface area contributed by atoms with E-state index in [1.807, 2.05) is 0 Å². The lowest BCUT2D eigenvalue weighted by atomic mass is 9.80. The molecule has 2 heterocycles. The van der Waals surface area contributed by atoms with Gasteiger partial charge in [0.2, 0.25) is 0 Å². The van der Waals surface area contributed by atoms with Crippen molar-refractivity contribution in [1.29, 1.82) is 0 Å². The van der Waals surface area contributed by atoms with Crippen LogP contribution in [0.25, 0.3) is 0 Å². The molecule has 24 heavy (non-hydrogen) atoms. The minimum Gasteiger partial charge on any atom is -0.377 e. The van der Waals surface area contributed by atoms with Crippen molar-refractivity contribution in [3.8, 4) is 0 Å². The summed E-state index contributed by atoms with van der Waals surface area (Å²) >= 11 is 0. The van der Waals surface area contributed by atoms with Gasteiger partial charge in [-0.2, -0.15) is 0 Å². The first kappa shape index (κ1) is 18.6. The lowest BCUT2D eigenvalue weighted by Crippen LogP contribution is -2.57. The first-order valence-electron chi connectivity index (χ1n) is 9.76. The van der Waals surface area contributed by atoms with Crippen LogP contribution in [0.2, 0.25) is 0 Å². The summed E-state index contributed by atoms with van der Waals surface area (Å²) in [4.78, 5) is 0. The van der Waals surface area contributed by atoms with Gasteiger partial charge in [-0.3, -0.25) is 10.6 Å². The van der Waals surface area contributed by atoms with Gasteiger partial charge in [0.15, 0.2) is 0 Å². The largest absolute Gasteiger partial charge is 0.377 e. The molecule has 0 amide bonds. The fourth-order valence-electron chi connectivity index (χ4n) is 4.81. The third kappa shape index (κ3) is 4.71. The Morgan fingerprint density at radius 1 is 1.04 bits per heavy atom. The number of hydrogen-bond donors (Lipinski definition) is 2. The molecule has 3 rings (SSSR count). The molecular weight excluding hydrogens is 324 g/mol. The molecule has 3 aliphatic rings. The van der Waals surface area contributed by atoms with Gasteiger partial charge in [-0.25, -0.2) is 8.42 Å². The summed E-state index contributed by atoms with van der Waals surface area (Å²) in [6.07, 6.45) is 11.9. The van der Waals surface area contributed by atoms with Crippen molar-refractivity contribution in [2.45, 2.75) is 94.3 Å². The van der Waals surface area contributed by atoms with E-state index >= 15 is 0 Å². The molecule has 0 aromatic rings. The first-order valence-corrected chi connectivity index (χ1v) is 11.7. The van der Waals surface area contributed by atoms with Crippen LogP contribution in [-0.2, 0) is 14.6 Å². The van der Waals surface area contributed by atoms with E-state index in [0.717, 1.165) is 32.3 Å². The van der Waals surface area contributed by atoms with Crippen LogP contribution in [0.15, 0.2) is 0 Å². The molecule has 0 bridgehead atoms. The van der Waals surface area contributed by atoms with Gasteiger partial charge in [-0.05, 0) is 70.6 Å². The van der Waals surface area contributed by atoms with Gasteiger partial charge in [-0.1, -0.05) is 0 Å². The van der Waals surface area contributed by atoms with Crippen molar-refractivity contribution in [3.63, 3.8) is 0 Å². The number of hydrogen-bond acceptors (Lipinski definition) is 5. The Morgan fingerprint density at radius 2 is 1.79 bits per heavy atom. The smallest absolute Gasteiger partial charge is 0.150 e. The first-order chi connectivity index (χ1) is 11.4. The Hall–Kier alpha value is -0.170. The summed E-state index contributed by atoms with van der Waals surface area (Å²) in [5.41, 5.74) is 0. The molecule has 3 unspecified atom stereocenters. The molecule has 5 nitrogen and oxygen atoms in total. The second-order valence-electron chi connectivity index (χ2n) is 8.13. The average molecular weight is 359 g/mol. The quantitative estimate of drug-likeness (QED) is 0.789. The highest BCUT2D eigenvalue weighted by atomic mass is 32.2. The van der Waals surface area contributed by atoms with Crippen LogP contribution in [0.5, 0.6) is 0 Å². The number of piperidine rings is 1. The van der Waals surface area contributed by atoms with Crippen molar-refractivity contribution >= 4 is 9.84 Å². The lowest BCUT2D eigenvalue weighted by Gasteiger charge is -2.40. The summed E-state index contributed by atoms with van der Waals surface area (Å²) in [5, 5.41) is 7.44. The second kappa shape index (κ2) is 8.02. The number of rotatable bonds is 5. The standard InChI is InChI=1S/C18H34N2O3S/c1-13(17-6-4-12-23-17)19-18-7-3-5-16(20-18)14-8-10-15(11-9-14)24(2,21)22/h13-20H,3-12H2,1-2H3/t13-,14?,15?,16?,17?,18?/m0/s1. The van der Waals surface area contributed by atoms with Gasteiger partial charge in [-0.15, -0.1) is 0 Å². The van der Waals surface area contributed by atoms with Crippen LogP contribution in [0.3, 0.4) is 0 Å². The van der Waals surface area contributed by atoms with Gasteiger partial charge in [0.25, 0.3) is 0 Å². The van der Waals surface area contributed by atoms with Crippen LogP contribution in [0.4, 0.5) is 0 Å². The van der Waals surface area contributed by atoms with Gasteiger partial charge in [0.05, 0.1) is 17.5 Å². The van der Waals surface area contributed by atoms with Gasteiger partial charge in [0, 0.05) is 24.9 Å². The summed E-state index contributed by atoms with van der Waals surface area (Å²) in [6.45, 7) is 3.14. The van der Waals surface area contributed by atoms with Crippen LogP contribution in [0.1, 0.15) is 64.7 Å². The minimum atomic E-state index is -2.86. The maximum atomic E-state index is 11.7. The Bertz CT molecular complexity index is 496. The van der Waals surface area contributed by atoms with E-state index in [2.05, 4.69) is 17.6 Å². The normalized spacial score (nSPS) is 39.7. The van der Waals surface area contributed by atoms with Crippen LogP contribution < -0.4 is 10.6 Å². The maximum absolute atomic E-state index is 11.7. The van der Waals surface area contributed by atoms with Gasteiger partial charge in [0.1, 0.15) is 9.84 Å². The highest BCUT2D eigenvalue weighted by Crippen LogP contribution is 2.33. The third-order valence-electron chi connectivity index (χ3n) is 6.30. The number of nitrogens with one attached hydrogen (secondary N) is 2. The van der Waals surface area contributed by atoms with E-state index in [9.17, 15) is 8.42 Å². The van der Waals surface area contributed by atoms with Gasteiger partial charge < -0.3 is 4.74 Å². The van der Waals surface area contributed by atoms with E-state index in [-0.39, 0.29) is 5.25 Å². The molecule has 6 heteroatoms. The van der Waals surface area contributed by atoms with Crippen LogP contribution in [0, 0.1) is 5.92 Å². The van der Waals surface area contributed by atoms with Crippen molar-refractivity contribution in [2.24, 2.45) is 5.92 Å². The molecule has 1 aliphatic carbocycles. The highest BCUT2D eigenvalue weighted by Gasteiger charge is 2.34. The summed E-state index contributed by atoms with van der Waals surface area (Å²) in [5.74, 6) is 0.630. The van der Waals surface area contributed by atoms with Crippen LogP contribution >= 0.6 is 0 Å². The molecule has 0 radical (unpaired) electrons. The average Bonchev–Trinajstić information content (AvgIpc) is 3.09. The Balaban J connectivity index is 1.47. The molecule has 3 fully saturated rings. The molecule has 1 saturated carbocycles. The summed E-state index contributed by atoms with van der Waals surface area (Å²) in [7, 11) is -2.86. The summed E-state index contributed by atoms with van der Waals surface area (Å²) < 4.78 is 29.3. The molecule has 4 atom stereocenters. The highest BCUT2D eigenvalue weighted by molar-refractivity contribution is 7.91. The van der Waals surface area contributed by atoms with Crippen LogP contribution in [-0.4, -0.2) is 50.9 Å². The minimum absolute atomic E-state index is 0.106. The topological polar surface area (TPSA) is 67.4 Å². The predicted octanol–water partition coefficient (Wildman–Crippen LogP) is 2.22. The van der Waals surface area contributed by atoms with E-state index < -0.39 is 9.84 Å². The van der Waals surface area contributed by atoms with E-state index in [1.54, 1.807) is 0 Å².